The van der Waals surface area contributed by atoms with Gasteiger partial charge in [-0.15, -0.1) is 0 Å². The van der Waals surface area contributed by atoms with E-state index in [1.54, 1.807) is 18.4 Å². The SMILES string of the molecule is O=C1NC(=O)C2(CC2)C(=O)N1CCc1ccco1. The molecule has 1 aliphatic carbocycles. The van der Waals surface area contributed by atoms with E-state index >= 15 is 0 Å². The molecule has 94 valence electrons. The van der Waals surface area contributed by atoms with Crippen LogP contribution in [0.15, 0.2) is 22.8 Å². The summed E-state index contributed by atoms with van der Waals surface area (Å²) in [7, 11) is 0. The standard InChI is InChI=1S/C12H12N2O4/c15-9-12(4-5-12)10(16)14(11(17)13-9)6-3-8-2-1-7-18-8/h1-2,7H,3-6H2,(H,13,15,17). The van der Waals surface area contributed by atoms with Crippen molar-refractivity contribution in [3.63, 3.8) is 0 Å². The number of amides is 4. The highest BCUT2D eigenvalue weighted by Crippen LogP contribution is 2.48. The van der Waals surface area contributed by atoms with Gasteiger partial charge >= 0.3 is 6.03 Å². The van der Waals surface area contributed by atoms with Gasteiger partial charge in [0.25, 0.3) is 0 Å². The van der Waals surface area contributed by atoms with Crippen molar-refractivity contribution in [3.8, 4) is 0 Å². The van der Waals surface area contributed by atoms with Crippen molar-refractivity contribution in [2.45, 2.75) is 19.3 Å². The van der Waals surface area contributed by atoms with E-state index in [0.717, 1.165) is 4.90 Å². The molecule has 3 rings (SSSR count). The van der Waals surface area contributed by atoms with Gasteiger partial charge in [0.2, 0.25) is 11.8 Å². The van der Waals surface area contributed by atoms with Gasteiger partial charge in [0, 0.05) is 13.0 Å². The number of imide groups is 2. The quantitative estimate of drug-likeness (QED) is 0.798. The van der Waals surface area contributed by atoms with Gasteiger partial charge in [-0.2, -0.15) is 0 Å². The highest BCUT2D eigenvalue weighted by Gasteiger charge is 2.62. The van der Waals surface area contributed by atoms with Crippen LogP contribution in [0.1, 0.15) is 18.6 Å². The maximum atomic E-state index is 12.1. The predicted octanol–water partition coefficient (Wildman–Crippen LogP) is 0.681. The molecule has 1 N–H and O–H groups in total. The van der Waals surface area contributed by atoms with Gasteiger partial charge in [-0.05, 0) is 25.0 Å². The molecule has 1 saturated carbocycles. The lowest BCUT2D eigenvalue weighted by Crippen LogP contribution is -2.59. The highest BCUT2D eigenvalue weighted by atomic mass is 16.3. The van der Waals surface area contributed by atoms with Crippen LogP contribution in [0.25, 0.3) is 0 Å². The molecular weight excluding hydrogens is 236 g/mol. The van der Waals surface area contributed by atoms with E-state index in [4.69, 9.17) is 4.42 Å². The van der Waals surface area contributed by atoms with Crippen LogP contribution in [0.2, 0.25) is 0 Å². The molecule has 0 bridgehead atoms. The van der Waals surface area contributed by atoms with E-state index in [1.807, 2.05) is 0 Å². The monoisotopic (exact) mass is 248 g/mol. The van der Waals surface area contributed by atoms with Gasteiger partial charge in [0.05, 0.1) is 6.26 Å². The number of nitrogens with zero attached hydrogens (tertiary/aromatic N) is 1. The summed E-state index contributed by atoms with van der Waals surface area (Å²) in [5.74, 6) is -0.119. The first kappa shape index (κ1) is 11.0. The Hall–Kier alpha value is -2.11. The number of urea groups is 1. The number of rotatable bonds is 3. The molecule has 0 aromatic carbocycles. The molecule has 2 heterocycles. The van der Waals surface area contributed by atoms with Gasteiger partial charge in [-0.1, -0.05) is 0 Å². The fourth-order valence-electron chi connectivity index (χ4n) is 2.18. The topological polar surface area (TPSA) is 79.6 Å². The summed E-state index contributed by atoms with van der Waals surface area (Å²) in [4.78, 5) is 36.4. The number of furan rings is 1. The van der Waals surface area contributed by atoms with E-state index in [2.05, 4.69) is 5.32 Å². The van der Waals surface area contributed by atoms with E-state index in [-0.39, 0.29) is 12.5 Å². The van der Waals surface area contributed by atoms with Crippen LogP contribution in [-0.2, 0) is 16.0 Å². The Labute approximate surface area is 103 Å². The molecule has 2 aliphatic rings. The summed E-state index contributed by atoms with van der Waals surface area (Å²) >= 11 is 0. The zero-order valence-corrected chi connectivity index (χ0v) is 9.64. The third kappa shape index (κ3) is 1.53. The summed E-state index contributed by atoms with van der Waals surface area (Å²) in [5.41, 5.74) is -0.961. The van der Waals surface area contributed by atoms with Crippen LogP contribution in [0.5, 0.6) is 0 Å². The molecule has 6 heteroatoms. The van der Waals surface area contributed by atoms with E-state index < -0.39 is 17.4 Å². The molecule has 1 aliphatic heterocycles. The smallest absolute Gasteiger partial charge is 0.330 e. The lowest BCUT2D eigenvalue weighted by Gasteiger charge is -2.29. The van der Waals surface area contributed by atoms with Crippen molar-refractivity contribution in [1.82, 2.24) is 10.2 Å². The average molecular weight is 248 g/mol. The van der Waals surface area contributed by atoms with Crippen molar-refractivity contribution >= 4 is 17.8 Å². The molecule has 1 saturated heterocycles. The second-order valence-corrected chi connectivity index (χ2v) is 4.63. The second kappa shape index (κ2) is 3.69. The Balaban J connectivity index is 1.73. The maximum absolute atomic E-state index is 12.1. The third-order valence-corrected chi connectivity index (χ3v) is 3.47. The Morgan fingerprint density at radius 3 is 2.72 bits per heavy atom. The first-order valence-electron chi connectivity index (χ1n) is 5.83. The maximum Gasteiger partial charge on any atom is 0.330 e. The predicted molar refractivity (Wildman–Crippen MR) is 59.3 cm³/mol. The van der Waals surface area contributed by atoms with Gasteiger partial charge in [0.1, 0.15) is 11.2 Å². The van der Waals surface area contributed by atoms with Crippen LogP contribution < -0.4 is 5.32 Å². The molecule has 1 aromatic rings. The van der Waals surface area contributed by atoms with Gasteiger partial charge in [0.15, 0.2) is 0 Å². The Morgan fingerprint density at radius 2 is 2.11 bits per heavy atom. The van der Waals surface area contributed by atoms with Crippen molar-refractivity contribution in [2.24, 2.45) is 5.41 Å². The van der Waals surface area contributed by atoms with Gasteiger partial charge in [-0.3, -0.25) is 19.8 Å². The van der Waals surface area contributed by atoms with E-state index in [1.165, 1.54) is 0 Å². The van der Waals surface area contributed by atoms with Crippen molar-refractivity contribution in [3.05, 3.63) is 24.2 Å². The zero-order chi connectivity index (χ0) is 12.8. The summed E-state index contributed by atoms with van der Waals surface area (Å²) in [6.45, 7) is 0.229. The summed E-state index contributed by atoms with van der Waals surface area (Å²) < 4.78 is 5.15. The van der Waals surface area contributed by atoms with Gasteiger partial charge in [-0.25, -0.2) is 4.79 Å². The Bertz CT molecular complexity index is 516. The normalized spacial score (nSPS) is 21.3. The van der Waals surface area contributed by atoms with Crippen LogP contribution in [0, 0.1) is 5.41 Å². The molecule has 0 unspecified atom stereocenters. The molecule has 1 aromatic heterocycles. The van der Waals surface area contributed by atoms with Crippen molar-refractivity contribution < 1.29 is 18.8 Å². The molecule has 0 radical (unpaired) electrons. The number of nitrogens with one attached hydrogen (secondary N) is 1. The molecule has 1 spiro atoms. The molecule has 4 amide bonds. The minimum Gasteiger partial charge on any atom is -0.469 e. The van der Waals surface area contributed by atoms with Crippen LogP contribution in [0.3, 0.4) is 0 Å². The first-order valence-corrected chi connectivity index (χ1v) is 5.83. The van der Waals surface area contributed by atoms with Crippen molar-refractivity contribution in [1.29, 1.82) is 0 Å². The van der Waals surface area contributed by atoms with E-state index in [0.29, 0.717) is 25.0 Å². The minimum absolute atomic E-state index is 0.229. The van der Waals surface area contributed by atoms with Crippen LogP contribution in [-0.4, -0.2) is 29.3 Å². The molecule has 18 heavy (non-hydrogen) atoms. The third-order valence-electron chi connectivity index (χ3n) is 3.47. The highest BCUT2D eigenvalue weighted by molar-refractivity contribution is 6.20. The number of barbiturate groups is 1. The van der Waals surface area contributed by atoms with E-state index in [9.17, 15) is 14.4 Å². The Morgan fingerprint density at radius 1 is 1.33 bits per heavy atom. The molecule has 0 atom stereocenters. The minimum atomic E-state index is -0.961. The lowest BCUT2D eigenvalue weighted by molar-refractivity contribution is -0.144. The molecular formula is C12H12N2O4. The Kier molecular flexibility index (Phi) is 2.26. The zero-order valence-electron chi connectivity index (χ0n) is 9.64. The average Bonchev–Trinajstić information content (AvgIpc) is 2.99. The summed E-state index contributed by atoms with van der Waals surface area (Å²) in [6, 6.07) is 2.90. The fourth-order valence-corrected chi connectivity index (χ4v) is 2.18. The fraction of sp³-hybridized carbons (Fsp3) is 0.417. The van der Waals surface area contributed by atoms with Crippen LogP contribution in [0.4, 0.5) is 4.79 Å². The number of carbonyl (C=O) groups is 3. The van der Waals surface area contributed by atoms with Crippen molar-refractivity contribution in [2.75, 3.05) is 6.54 Å². The summed E-state index contributed by atoms with van der Waals surface area (Å²) in [6.07, 6.45) is 3.06. The first-order chi connectivity index (χ1) is 8.63. The van der Waals surface area contributed by atoms with Crippen LogP contribution >= 0.6 is 0 Å². The number of hydrogen-bond acceptors (Lipinski definition) is 4. The number of hydrogen-bond donors (Lipinski definition) is 1. The van der Waals surface area contributed by atoms with Gasteiger partial charge < -0.3 is 4.42 Å². The summed E-state index contributed by atoms with van der Waals surface area (Å²) in [5, 5.41) is 2.24. The largest absolute Gasteiger partial charge is 0.469 e. The lowest BCUT2D eigenvalue weighted by atomic mass is 10.0. The second-order valence-electron chi connectivity index (χ2n) is 4.63. The molecule has 2 fully saturated rings. The molecule has 6 nitrogen and oxygen atoms in total. The number of carbonyl (C=O) groups excluding carboxylic acids is 3.